The van der Waals surface area contributed by atoms with E-state index in [2.05, 4.69) is 0 Å². The molecular weight excluding hydrogens is 291 g/mol. The van der Waals surface area contributed by atoms with Crippen molar-refractivity contribution in [1.82, 2.24) is 0 Å². The molecule has 2 aromatic carbocycles. The maximum absolute atomic E-state index is 5.99. The summed E-state index contributed by atoms with van der Waals surface area (Å²) in [6.45, 7) is 0.549. The van der Waals surface area contributed by atoms with Gasteiger partial charge in [0.05, 0.1) is 12.2 Å². The standard InChI is InChI=1S/C13H11Cl3N2/c14-10-3-1-9(2-4-10)8-18(17)13-6-11(15)5-12(16)7-13/h1-7H,8,17H2. The zero-order valence-corrected chi connectivity index (χ0v) is 11.7. The summed E-state index contributed by atoms with van der Waals surface area (Å²) in [6, 6.07) is 12.7. The van der Waals surface area contributed by atoms with Gasteiger partial charge >= 0.3 is 0 Å². The van der Waals surface area contributed by atoms with Gasteiger partial charge in [-0.05, 0) is 35.9 Å². The molecule has 0 saturated carbocycles. The van der Waals surface area contributed by atoms with Gasteiger partial charge in [-0.15, -0.1) is 0 Å². The molecule has 0 saturated heterocycles. The van der Waals surface area contributed by atoms with E-state index in [-0.39, 0.29) is 0 Å². The Hall–Kier alpha value is -0.930. The summed E-state index contributed by atoms with van der Waals surface area (Å²) >= 11 is 17.7. The van der Waals surface area contributed by atoms with Crippen LogP contribution in [0.2, 0.25) is 15.1 Å². The second-order valence-corrected chi connectivity index (χ2v) is 5.19. The van der Waals surface area contributed by atoms with E-state index < -0.39 is 0 Å². The summed E-state index contributed by atoms with van der Waals surface area (Å²) in [5.41, 5.74) is 1.82. The van der Waals surface area contributed by atoms with Crippen LogP contribution < -0.4 is 10.9 Å². The highest BCUT2D eigenvalue weighted by Gasteiger charge is 2.05. The number of benzene rings is 2. The summed E-state index contributed by atoms with van der Waals surface area (Å²) in [4.78, 5) is 0. The normalized spacial score (nSPS) is 10.4. The number of halogens is 3. The van der Waals surface area contributed by atoms with Crippen LogP contribution in [0.15, 0.2) is 42.5 Å². The van der Waals surface area contributed by atoms with E-state index in [0.717, 1.165) is 11.3 Å². The Morgan fingerprint density at radius 3 is 1.94 bits per heavy atom. The first-order valence-corrected chi connectivity index (χ1v) is 6.41. The molecule has 2 N–H and O–H groups in total. The lowest BCUT2D eigenvalue weighted by molar-refractivity contribution is 0.853. The zero-order chi connectivity index (χ0) is 13.1. The summed E-state index contributed by atoms with van der Waals surface area (Å²) in [7, 11) is 0. The molecule has 0 atom stereocenters. The third kappa shape index (κ3) is 3.53. The molecule has 94 valence electrons. The SMILES string of the molecule is NN(Cc1ccc(Cl)cc1)c1cc(Cl)cc(Cl)c1. The van der Waals surface area contributed by atoms with Crippen LogP contribution in [-0.2, 0) is 6.54 Å². The van der Waals surface area contributed by atoms with Gasteiger partial charge < -0.3 is 5.01 Å². The molecule has 18 heavy (non-hydrogen) atoms. The number of anilines is 1. The number of hydrogen-bond acceptors (Lipinski definition) is 2. The Kier molecular flexibility index (Phi) is 4.36. The largest absolute Gasteiger partial charge is 0.307 e. The highest BCUT2D eigenvalue weighted by atomic mass is 35.5. The molecule has 0 unspecified atom stereocenters. The molecule has 5 heteroatoms. The smallest absolute Gasteiger partial charge is 0.0592 e. The van der Waals surface area contributed by atoms with Crippen molar-refractivity contribution < 1.29 is 0 Å². The number of nitrogens with two attached hydrogens (primary N) is 1. The summed E-state index contributed by atoms with van der Waals surface area (Å²) in [5.74, 6) is 5.99. The average Bonchev–Trinajstić information content (AvgIpc) is 2.31. The van der Waals surface area contributed by atoms with Gasteiger partial charge in [0.25, 0.3) is 0 Å². The number of rotatable bonds is 3. The fourth-order valence-corrected chi connectivity index (χ4v) is 2.22. The fourth-order valence-electron chi connectivity index (χ4n) is 1.58. The van der Waals surface area contributed by atoms with E-state index in [4.69, 9.17) is 40.6 Å². The maximum atomic E-state index is 5.99. The minimum absolute atomic E-state index is 0.549. The molecule has 0 aliphatic rings. The van der Waals surface area contributed by atoms with E-state index in [9.17, 15) is 0 Å². The second-order valence-electron chi connectivity index (χ2n) is 3.88. The van der Waals surface area contributed by atoms with Crippen molar-refractivity contribution in [3.63, 3.8) is 0 Å². The van der Waals surface area contributed by atoms with E-state index in [0.29, 0.717) is 21.6 Å². The maximum Gasteiger partial charge on any atom is 0.0592 e. The molecule has 0 spiro atoms. The average molecular weight is 302 g/mol. The molecule has 2 aromatic rings. The van der Waals surface area contributed by atoms with Gasteiger partial charge in [0.2, 0.25) is 0 Å². The zero-order valence-electron chi connectivity index (χ0n) is 9.41. The molecule has 0 amide bonds. The Morgan fingerprint density at radius 2 is 1.39 bits per heavy atom. The lowest BCUT2D eigenvalue weighted by atomic mass is 10.2. The molecular formula is C13H11Cl3N2. The molecule has 2 rings (SSSR count). The van der Waals surface area contributed by atoms with Gasteiger partial charge in [0.1, 0.15) is 0 Å². The van der Waals surface area contributed by atoms with E-state index in [1.54, 1.807) is 23.2 Å². The van der Waals surface area contributed by atoms with Crippen molar-refractivity contribution in [2.75, 3.05) is 5.01 Å². The third-order valence-electron chi connectivity index (χ3n) is 2.45. The van der Waals surface area contributed by atoms with Crippen LogP contribution in [0.25, 0.3) is 0 Å². The van der Waals surface area contributed by atoms with Crippen LogP contribution in [0.3, 0.4) is 0 Å². The van der Waals surface area contributed by atoms with Crippen LogP contribution in [-0.4, -0.2) is 0 Å². The van der Waals surface area contributed by atoms with Crippen LogP contribution in [0, 0.1) is 0 Å². The summed E-state index contributed by atoms with van der Waals surface area (Å²) < 4.78 is 0. The third-order valence-corrected chi connectivity index (χ3v) is 3.13. The van der Waals surface area contributed by atoms with Gasteiger partial charge in [-0.2, -0.15) is 0 Å². The van der Waals surface area contributed by atoms with Crippen molar-refractivity contribution in [2.45, 2.75) is 6.54 Å². The predicted octanol–water partition coefficient (Wildman–Crippen LogP) is 4.53. The Balaban J connectivity index is 2.16. The van der Waals surface area contributed by atoms with Gasteiger partial charge in [0, 0.05) is 15.1 Å². The summed E-state index contributed by atoms with van der Waals surface area (Å²) in [5, 5.41) is 3.40. The van der Waals surface area contributed by atoms with Gasteiger partial charge in [-0.25, -0.2) is 5.84 Å². The number of hydrazine groups is 1. The first-order valence-electron chi connectivity index (χ1n) is 5.27. The molecule has 0 fully saturated rings. The monoisotopic (exact) mass is 300 g/mol. The molecule has 2 nitrogen and oxygen atoms in total. The molecule has 0 heterocycles. The lowest BCUT2D eigenvalue weighted by Gasteiger charge is -2.19. The van der Waals surface area contributed by atoms with E-state index >= 15 is 0 Å². The van der Waals surface area contributed by atoms with Crippen molar-refractivity contribution in [2.24, 2.45) is 5.84 Å². The van der Waals surface area contributed by atoms with Crippen molar-refractivity contribution >= 4 is 40.5 Å². The molecule has 0 bridgehead atoms. The lowest BCUT2D eigenvalue weighted by Crippen LogP contribution is -2.29. The van der Waals surface area contributed by atoms with Crippen molar-refractivity contribution in [3.05, 3.63) is 63.1 Å². The van der Waals surface area contributed by atoms with Gasteiger partial charge in [-0.1, -0.05) is 46.9 Å². The quantitative estimate of drug-likeness (QED) is 0.667. The van der Waals surface area contributed by atoms with E-state index in [1.165, 1.54) is 0 Å². The van der Waals surface area contributed by atoms with Crippen LogP contribution in [0.4, 0.5) is 5.69 Å². The molecule has 0 aromatic heterocycles. The molecule has 0 aliphatic heterocycles. The second kappa shape index (κ2) is 5.81. The number of hydrogen-bond donors (Lipinski definition) is 1. The van der Waals surface area contributed by atoms with Crippen LogP contribution in [0.1, 0.15) is 5.56 Å². The minimum atomic E-state index is 0.549. The van der Waals surface area contributed by atoms with Crippen LogP contribution >= 0.6 is 34.8 Å². The summed E-state index contributed by atoms with van der Waals surface area (Å²) in [6.07, 6.45) is 0. The molecule has 0 radical (unpaired) electrons. The Bertz CT molecular complexity index is 520. The van der Waals surface area contributed by atoms with Crippen LogP contribution in [0.5, 0.6) is 0 Å². The number of nitrogens with zero attached hydrogens (tertiary/aromatic N) is 1. The fraction of sp³-hybridized carbons (Fsp3) is 0.0769. The van der Waals surface area contributed by atoms with E-state index in [1.807, 2.05) is 24.3 Å². The molecule has 0 aliphatic carbocycles. The Labute approximate surface area is 121 Å². The Morgan fingerprint density at radius 1 is 0.833 bits per heavy atom. The van der Waals surface area contributed by atoms with Crippen molar-refractivity contribution in [3.8, 4) is 0 Å². The topological polar surface area (TPSA) is 29.3 Å². The minimum Gasteiger partial charge on any atom is -0.307 e. The highest BCUT2D eigenvalue weighted by molar-refractivity contribution is 6.35. The van der Waals surface area contributed by atoms with Crippen molar-refractivity contribution in [1.29, 1.82) is 0 Å². The highest BCUT2D eigenvalue weighted by Crippen LogP contribution is 2.25. The first-order chi connectivity index (χ1) is 8.54. The first kappa shape index (κ1) is 13.5. The predicted molar refractivity (Wildman–Crippen MR) is 78.3 cm³/mol. The van der Waals surface area contributed by atoms with Gasteiger partial charge in [0.15, 0.2) is 0 Å². The van der Waals surface area contributed by atoms with Gasteiger partial charge in [-0.3, -0.25) is 0 Å².